The molecule has 1 rings (SSSR count). The van der Waals surface area contributed by atoms with E-state index in [1.165, 1.54) is 25.7 Å². The van der Waals surface area contributed by atoms with E-state index in [0.717, 1.165) is 18.8 Å². The highest BCUT2D eigenvalue weighted by molar-refractivity contribution is 4.87. The maximum absolute atomic E-state index is 13.1. The van der Waals surface area contributed by atoms with Crippen LogP contribution in [0, 0.1) is 17.3 Å². The third-order valence-electron chi connectivity index (χ3n) is 4.50. The van der Waals surface area contributed by atoms with Crippen LogP contribution in [0.1, 0.15) is 66.2 Å². The van der Waals surface area contributed by atoms with Gasteiger partial charge >= 0.3 is 0 Å². The second-order valence-electron chi connectivity index (χ2n) is 5.96. The van der Waals surface area contributed by atoms with Gasteiger partial charge in [0.05, 0.1) is 6.17 Å². The van der Waals surface area contributed by atoms with Crippen molar-refractivity contribution in [1.29, 1.82) is 0 Å². The van der Waals surface area contributed by atoms with Gasteiger partial charge < -0.3 is 0 Å². The summed E-state index contributed by atoms with van der Waals surface area (Å²) in [6.07, 6.45) is 6.56. The molecule has 0 radical (unpaired) electrons. The normalized spacial score (nSPS) is 36.2. The van der Waals surface area contributed by atoms with Crippen molar-refractivity contribution in [3.05, 3.63) is 0 Å². The molecule has 15 heavy (non-hydrogen) atoms. The fourth-order valence-corrected chi connectivity index (χ4v) is 3.17. The molecule has 0 saturated heterocycles. The van der Waals surface area contributed by atoms with Gasteiger partial charge in [-0.25, -0.2) is 4.39 Å². The van der Waals surface area contributed by atoms with Crippen LogP contribution in [0.15, 0.2) is 0 Å². The summed E-state index contributed by atoms with van der Waals surface area (Å²) in [6, 6.07) is 0. The predicted octanol–water partition coefficient (Wildman–Crippen LogP) is 4.98. The van der Waals surface area contributed by atoms with Crippen molar-refractivity contribution in [2.45, 2.75) is 72.4 Å². The molecular formula is C14H27F. The van der Waals surface area contributed by atoms with Crippen molar-refractivity contribution in [2.24, 2.45) is 17.3 Å². The van der Waals surface area contributed by atoms with E-state index in [1.54, 1.807) is 6.92 Å². The van der Waals surface area contributed by atoms with Crippen LogP contribution in [0.4, 0.5) is 4.39 Å². The van der Waals surface area contributed by atoms with Gasteiger partial charge in [0, 0.05) is 0 Å². The van der Waals surface area contributed by atoms with Gasteiger partial charge in [-0.05, 0) is 43.4 Å². The maximum atomic E-state index is 13.1. The van der Waals surface area contributed by atoms with Gasteiger partial charge in [0.25, 0.3) is 0 Å². The molecule has 1 aliphatic carbocycles. The lowest BCUT2D eigenvalue weighted by Crippen LogP contribution is -2.32. The molecule has 0 heterocycles. The molecule has 0 aromatic carbocycles. The Kier molecular flexibility index (Phi) is 4.61. The van der Waals surface area contributed by atoms with Gasteiger partial charge in [-0.1, -0.05) is 40.0 Å². The van der Waals surface area contributed by atoms with Gasteiger partial charge in [0.1, 0.15) is 0 Å². The lowest BCUT2D eigenvalue weighted by molar-refractivity contribution is 0.0715. The summed E-state index contributed by atoms with van der Waals surface area (Å²) in [4.78, 5) is 0. The molecular weight excluding hydrogens is 187 g/mol. The molecule has 0 aliphatic heterocycles. The van der Waals surface area contributed by atoms with Crippen LogP contribution in [0.25, 0.3) is 0 Å². The molecule has 2 unspecified atom stereocenters. The molecule has 1 saturated carbocycles. The Balaban J connectivity index is 2.57. The largest absolute Gasteiger partial charge is 0.248 e. The summed E-state index contributed by atoms with van der Waals surface area (Å²) in [6.45, 7) is 8.65. The molecule has 0 nitrogen and oxygen atoms in total. The molecule has 0 aromatic heterocycles. The molecule has 2 atom stereocenters. The minimum absolute atomic E-state index is 0.418. The smallest absolute Gasteiger partial charge is 0.0976 e. The monoisotopic (exact) mass is 214 g/mol. The van der Waals surface area contributed by atoms with Crippen LogP contribution in [-0.2, 0) is 0 Å². The number of alkyl halides is 1. The zero-order chi connectivity index (χ0) is 11.5. The number of rotatable bonds is 4. The summed E-state index contributed by atoms with van der Waals surface area (Å²) in [5.74, 6) is 1.48. The van der Waals surface area contributed by atoms with Crippen LogP contribution < -0.4 is 0 Å². The summed E-state index contributed by atoms with van der Waals surface area (Å²) in [5, 5.41) is 0. The van der Waals surface area contributed by atoms with E-state index in [9.17, 15) is 4.39 Å². The Labute approximate surface area is 94.6 Å². The standard InChI is InChI=1S/C14H27F/c1-5-13(10-12(3)15)14(4)8-6-11(2)7-9-14/h11-13H,5-10H2,1-4H3. The Morgan fingerprint density at radius 2 is 1.87 bits per heavy atom. The Morgan fingerprint density at radius 1 is 1.33 bits per heavy atom. The van der Waals surface area contributed by atoms with Crippen molar-refractivity contribution in [3.63, 3.8) is 0 Å². The second-order valence-corrected chi connectivity index (χ2v) is 5.96. The average molecular weight is 214 g/mol. The van der Waals surface area contributed by atoms with E-state index in [1.807, 2.05) is 0 Å². The first-order chi connectivity index (χ1) is 6.98. The van der Waals surface area contributed by atoms with E-state index >= 15 is 0 Å². The Morgan fingerprint density at radius 3 is 2.27 bits per heavy atom. The quantitative estimate of drug-likeness (QED) is 0.619. The van der Waals surface area contributed by atoms with Crippen molar-refractivity contribution in [2.75, 3.05) is 0 Å². The van der Waals surface area contributed by atoms with E-state index in [2.05, 4.69) is 20.8 Å². The van der Waals surface area contributed by atoms with Gasteiger partial charge in [0.2, 0.25) is 0 Å². The van der Waals surface area contributed by atoms with Crippen LogP contribution >= 0.6 is 0 Å². The first kappa shape index (κ1) is 13.0. The van der Waals surface area contributed by atoms with E-state index in [-0.39, 0.29) is 0 Å². The second kappa shape index (κ2) is 5.32. The highest BCUT2D eigenvalue weighted by atomic mass is 19.1. The lowest BCUT2D eigenvalue weighted by atomic mass is 9.63. The first-order valence-corrected chi connectivity index (χ1v) is 6.62. The summed E-state index contributed by atoms with van der Waals surface area (Å²) < 4.78 is 13.1. The molecule has 90 valence electrons. The molecule has 1 aliphatic rings. The third-order valence-corrected chi connectivity index (χ3v) is 4.50. The molecule has 1 fully saturated rings. The maximum Gasteiger partial charge on any atom is 0.0976 e. The van der Waals surface area contributed by atoms with Gasteiger partial charge in [0.15, 0.2) is 0 Å². The van der Waals surface area contributed by atoms with Gasteiger partial charge in [-0.2, -0.15) is 0 Å². The van der Waals surface area contributed by atoms with E-state index in [4.69, 9.17) is 0 Å². The van der Waals surface area contributed by atoms with Crippen molar-refractivity contribution in [3.8, 4) is 0 Å². The lowest BCUT2D eigenvalue weighted by Gasteiger charge is -2.42. The van der Waals surface area contributed by atoms with Gasteiger partial charge in [-0.3, -0.25) is 0 Å². The van der Waals surface area contributed by atoms with Crippen LogP contribution in [0.2, 0.25) is 0 Å². The van der Waals surface area contributed by atoms with Crippen molar-refractivity contribution >= 4 is 0 Å². The topological polar surface area (TPSA) is 0 Å². The summed E-state index contributed by atoms with van der Waals surface area (Å²) >= 11 is 0. The van der Waals surface area contributed by atoms with Crippen molar-refractivity contribution in [1.82, 2.24) is 0 Å². The fraction of sp³-hybridized carbons (Fsp3) is 1.00. The highest BCUT2D eigenvalue weighted by Gasteiger charge is 2.36. The van der Waals surface area contributed by atoms with Gasteiger partial charge in [-0.15, -0.1) is 0 Å². The summed E-state index contributed by atoms with van der Waals surface area (Å²) in [7, 11) is 0. The van der Waals surface area contributed by atoms with Crippen LogP contribution in [0.3, 0.4) is 0 Å². The first-order valence-electron chi connectivity index (χ1n) is 6.62. The molecule has 0 aromatic rings. The number of hydrogen-bond donors (Lipinski definition) is 0. The zero-order valence-corrected chi connectivity index (χ0v) is 10.9. The minimum Gasteiger partial charge on any atom is -0.248 e. The fourth-order valence-electron chi connectivity index (χ4n) is 3.17. The predicted molar refractivity (Wildman–Crippen MR) is 64.7 cm³/mol. The van der Waals surface area contributed by atoms with Crippen LogP contribution in [-0.4, -0.2) is 6.17 Å². The SMILES string of the molecule is CCC(CC(C)F)C1(C)CCC(C)CC1. The van der Waals surface area contributed by atoms with Crippen LogP contribution in [0.5, 0.6) is 0 Å². The van der Waals surface area contributed by atoms with E-state index in [0.29, 0.717) is 11.3 Å². The molecule has 0 spiro atoms. The molecule has 0 N–H and O–H groups in total. The Hall–Kier alpha value is -0.0700. The van der Waals surface area contributed by atoms with E-state index < -0.39 is 6.17 Å². The number of hydrogen-bond acceptors (Lipinski definition) is 0. The third kappa shape index (κ3) is 3.46. The molecule has 0 bridgehead atoms. The summed E-state index contributed by atoms with van der Waals surface area (Å²) in [5.41, 5.74) is 0.418. The minimum atomic E-state index is -0.633. The molecule has 0 amide bonds. The van der Waals surface area contributed by atoms with Crippen molar-refractivity contribution < 1.29 is 4.39 Å². The molecule has 1 heteroatoms. The zero-order valence-electron chi connectivity index (χ0n) is 10.9. The number of halogens is 1. The highest BCUT2D eigenvalue weighted by Crippen LogP contribution is 2.47. The average Bonchev–Trinajstić information content (AvgIpc) is 2.19. The Bertz CT molecular complexity index is 178.